The molecule has 2 rings (SSSR count). The first-order valence-electron chi connectivity index (χ1n) is 6.64. The van der Waals surface area contributed by atoms with Crippen molar-refractivity contribution in [2.24, 2.45) is 5.92 Å². The molecule has 1 aliphatic heterocycles. The molecule has 1 unspecified atom stereocenters. The molecule has 0 aliphatic carbocycles. The van der Waals surface area contributed by atoms with Crippen LogP contribution in [0.1, 0.15) is 37.6 Å². The Bertz CT molecular complexity index is 496. The molecule has 1 atom stereocenters. The third-order valence-electron chi connectivity index (χ3n) is 3.06. The fourth-order valence-corrected chi connectivity index (χ4v) is 2.13. The van der Waals surface area contributed by atoms with E-state index < -0.39 is 5.60 Å². The highest BCUT2D eigenvalue weighted by atomic mass is 16.6. The van der Waals surface area contributed by atoms with Gasteiger partial charge in [0, 0.05) is 31.4 Å². The standard InChI is InChI=1S/C14H19N3O3/c1-14(2,3)20-13(19)17-5-4-10(8-17)12(18)11-6-15-9-16-7-11/h6-7,9-10H,4-5,8H2,1-3H3. The molecule has 2 heterocycles. The van der Waals surface area contributed by atoms with Crippen molar-refractivity contribution < 1.29 is 14.3 Å². The maximum atomic E-state index is 12.2. The van der Waals surface area contributed by atoms with Gasteiger partial charge in [-0.15, -0.1) is 0 Å². The monoisotopic (exact) mass is 277 g/mol. The van der Waals surface area contributed by atoms with E-state index in [4.69, 9.17) is 4.74 Å². The lowest BCUT2D eigenvalue weighted by molar-refractivity contribution is 0.0289. The van der Waals surface area contributed by atoms with Gasteiger partial charge in [-0.1, -0.05) is 0 Å². The molecular weight excluding hydrogens is 258 g/mol. The Labute approximate surface area is 118 Å². The summed E-state index contributed by atoms with van der Waals surface area (Å²) >= 11 is 0. The van der Waals surface area contributed by atoms with Crippen LogP contribution in [0.2, 0.25) is 0 Å². The molecule has 1 aromatic rings. The highest BCUT2D eigenvalue weighted by molar-refractivity contribution is 5.97. The van der Waals surface area contributed by atoms with Gasteiger partial charge in [0.1, 0.15) is 11.9 Å². The summed E-state index contributed by atoms with van der Waals surface area (Å²) in [4.78, 5) is 33.4. The normalized spacial score (nSPS) is 18.9. The molecule has 0 N–H and O–H groups in total. The number of carbonyl (C=O) groups excluding carboxylic acids is 2. The van der Waals surface area contributed by atoms with E-state index in [9.17, 15) is 9.59 Å². The van der Waals surface area contributed by atoms with Crippen LogP contribution in [-0.4, -0.2) is 45.4 Å². The SMILES string of the molecule is CC(C)(C)OC(=O)N1CCC(C(=O)c2cncnc2)C1. The van der Waals surface area contributed by atoms with E-state index in [-0.39, 0.29) is 17.8 Å². The summed E-state index contributed by atoms with van der Waals surface area (Å²) in [5, 5.41) is 0. The van der Waals surface area contributed by atoms with Gasteiger partial charge >= 0.3 is 6.09 Å². The van der Waals surface area contributed by atoms with Crippen molar-refractivity contribution in [3.63, 3.8) is 0 Å². The Balaban J connectivity index is 1.96. The molecule has 1 amide bonds. The number of hydrogen-bond acceptors (Lipinski definition) is 5. The number of ether oxygens (including phenoxy) is 1. The number of ketones is 1. The first-order valence-corrected chi connectivity index (χ1v) is 6.64. The molecule has 0 aromatic carbocycles. The van der Waals surface area contributed by atoms with Gasteiger partial charge in [-0.05, 0) is 27.2 Å². The third-order valence-corrected chi connectivity index (χ3v) is 3.06. The van der Waals surface area contributed by atoms with E-state index in [2.05, 4.69) is 9.97 Å². The Morgan fingerprint density at radius 2 is 1.95 bits per heavy atom. The van der Waals surface area contributed by atoms with Gasteiger partial charge in [-0.2, -0.15) is 0 Å². The molecule has 20 heavy (non-hydrogen) atoms. The second kappa shape index (κ2) is 5.56. The smallest absolute Gasteiger partial charge is 0.410 e. The number of nitrogens with zero attached hydrogens (tertiary/aromatic N) is 3. The van der Waals surface area contributed by atoms with Crippen molar-refractivity contribution in [2.75, 3.05) is 13.1 Å². The molecule has 0 radical (unpaired) electrons. The first kappa shape index (κ1) is 14.4. The van der Waals surface area contributed by atoms with Gasteiger partial charge < -0.3 is 9.64 Å². The maximum absolute atomic E-state index is 12.2. The van der Waals surface area contributed by atoms with Crippen molar-refractivity contribution in [1.29, 1.82) is 0 Å². The van der Waals surface area contributed by atoms with E-state index >= 15 is 0 Å². The fraction of sp³-hybridized carbons (Fsp3) is 0.571. The van der Waals surface area contributed by atoms with Crippen LogP contribution >= 0.6 is 0 Å². The predicted molar refractivity (Wildman–Crippen MR) is 72.3 cm³/mol. The zero-order valence-electron chi connectivity index (χ0n) is 12.0. The van der Waals surface area contributed by atoms with Crippen LogP contribution in [0.3, 0.4) is 0 Å². The summed E-state index contributed by atoms with van der Waals surface area (Å²) in [7, 11) is 0. The molecule has 1 fully saturated rings. The van der Waals surface area contributed by atoms with E-state index in [1.807, 2.05) is 20.8 Å². The number of carbonyl (C=O) groups is 2. The van der Waals surface area contributed by atoms with Crippen molar-refractivity contribution in [3.8, 4) is 0 Å². The number of likely N-dealkylation sites (tertiary alicyclic amines) is 1. The molecule has 0 bridgehead atoms. The first-order chi connectivity index (χ1) is 9.37. The van der Waals surface area contributed by atoms with Crippen LogP contribution in [-0.2, 0) is 4.74 Å². The minimum absolute atomic E-state index is 0.0170. The average molecular weight is 277 g/mol. The largest absolute Gasteiger partial charge is 0.444 e. The van der Waals surface area contributed by atoms with Crippen LogP contribution < -0.4 is 0 Å². The Morgan fingerprint density at radius 3 is 2.55 bits per heavy atom. The van der Waals surface area contributed by atoms with Crippen molar-refractivity contribution in [2.45, 2.75) is 32.8 Å². The fourth-order valence-electron chi connectivity index (χ4n) is 2.13. The Kier molecular flexibility index (Phi) is 4.01. The summed E-state index contributed by atoms with van der Waals surface area (Å²) in [5.41, 5.74) is -0.0320. The molecule has 1 aromatic heterocycles. The number of rotatable bonds is 2. The minimum atomic E-state index is -0.521. The average Bonchev–Trinajstić information content (AvgIpc) is 2.86. The topological polar surface area (TPSA) is 72.4 Å². The van der Waals surface area contributed by atoms with Crippen LogP contribution in [0.25, 0.3) is 0 Å². The predicted octanol–water partition coefficient (Wildman–Crippen LogP) is 1.92. The lowest BCUT2D eigenvalue weighted by Crippen LogP contribution is -2.35. The third kappa shape index (κ3) is 3.53. The highest BCUT2D eigenvalue weighted by Gasteiger charge is 2.33. The molecule has 0 spiro atoms. The number of hydrogen-bond donors (Lipinski definition) is 0. The van der Waals surface area contributed by atoms with Gasteiger partial charge in [-0.25, -0.2) is 14.8 Å². The summed E-state index contributed by atoms with van der Waals surface area (Å²) in [6, 6.07) is 0. The van der Waals surface area contributed by atoms with E-state index in [1.54, 1.807) is 4.90 Å². The maximum Gasteiger partial charge on any atom is 0.410 e. The van der Waals surface area contributed by atoms with E-state index in [0.29, 0.717) is 25.1 Å². The molecule has 6 nitrogen and oxygen atoms in total. The highest BCUT2D eigenvalue weighted by Crippen LogP contribution is 2.22. The van der Waals surface area contributed by atoms with Crippen molar-refractivity contribution in [1.82, 2.24) is 14.9 Å². The summed E-state index contributed by atoms with van der Waals surface area (Å²) in [6.45, 7) is 6.41. The zero-order valence-corrected chi connectivity index (χ0v) is 12.0. The number of amides is 1. The lowest BCUT2D eigenvalue weighted by atomic mass is 9.99. The van der Waals surface area contributed by atoms with Crippen LogP contribution in [0.5, 0.6) is 0 Å². The van der Waals surface area contributed by atoms with Crippen LogP contribution in [0.15, 0.2) is 18.7 Å². The summed E-state index contributed by atoms with van der Waals surface area (Å²) in [6.07, 6.45) is 4.68. The quantitative estimate of drug-likeness (QED) is 0.772. The van der Waals surface area contributed by atoms with Crippen molar-refractivity contribution >= 4 is 11.9 Å². The summed E-state index contributed by atoms with van der Waals surface area (Å²) in [5.74, 6) is -0.217. The molecule has 6 heteroatoms. The second-order valence-electron chi connectivity index (χ2n) is 5.90. The molecule has 1 aliphatic rings. The van der Waals surface area contributed by atoms with Gasteiger partial charge in [-0.3, -0.25) is 4.79 Å². The van der Waals surface area contributed by atoms with E-state index in [0.717, 1.165) is 0 Å². The molecule has 0 saturated carbocycles. The summed E-state index contributed by atoms with van der Waals surface area (Å²) < 4.78 is 5.31. The van der Waals surface area contributed by atoms with Gasteiger partial charge in [0.25, 0.3) is 0 Å². The van der Waals surface area contributed by atoms with Gasteiger partial charge in [0.15, 0.2) is 5.78 Å². The molecular formula is C14H19N3O3. The van der Waals surface area contributed by atoms with Gasteiger partial charge in [0.2, 0.25) is 0 Å². The van der Waals surface area contributed by atoms with Crippen LogP contribution in [0, 0.1) is 5.92 Å². The van der Waals surface area contributed by atoms with Gasteiger partial charge in [0.05, 0.1) is 5.56 Å². The zero-order chi connectivity index (χ0) is 14.8. The van der Waals surface area contributed by atoms with Crippen LogP contribution in [0.4, 0.5) is 4.79 Å². The number of aromatic nitrogens is 2. The molecule has 1 saturated heterocycles. The minimum Gasteiger partial charge on any atom is -0.444 e. The lowest BCUT2D eigenvalue weighted by Gasteiger charge is -2.24. The Hall–Kier alpha value is -1.98. The molecule has 108 valence electrons. The Morgan fingerprint density at radius 1 is 1.30 bits per heavy atom. The van der Waals surface area contributed by atoms with Crippen molar-refractivity contribution in [3.05, 3.63) is 24.3 Å². The number of Topliss-reactive ketones (excluding diaryl/α,β-unsaturated/α-hetero) is 1. The van der Waals surface area contributed by atoms with E-state index in [1.165, 1.54) is 18.7 Å². The second-order valence-corrected chi connectivity index (χ2v) is 5.90.